The van der Waals surface area contributed by atoms with Gasteiger partial charge in [-0.05, 0) is 29.3 Å². The standard InChI is InChI=1S/C16H10ClNO/c17-10-5-6-14-12(8-10)13-7-9-3-1-2-4-11(9)16(19)15(13)18-14/h1-6,8,18H,7H2. The normalized spacial score (nSPS) is 13.4. The van der Waals surface area contributed by atoms with Gasteiger partial charge in [-0.2, -0.15) is 0 Å². The molecule has 19 heavy (non-hydrogen) atoms. The van der Waals surface area contributed by atoms with Crippen molar-refractivity contribution in [1.29, 1.82) is 0 Å². The van der Waals surface area contributed by atoms with Crippen molar-refractivity contribution in [3.05, 3.63) is 69.9 Å². The molecule has 1 heterocycles. The lowest BCUT2D eigenvalue weighted by Crippen LogP contribution is -2.14. The van der Waals surface area contributed by atoms with Crippen LogP contribution in [0.2, 0.25) is 5.02 Å². The van der Waals surface area contributed by atoms with Crippen molar-refractivity contribution in [3.63, 3.8) is 0 Å². The van der Waals surface area contributed by atoms with Crippen LogP contribution in [-0.2, 0) is 6.42 Å². The maximum absolute atomic E-state index is 12.5. The smallest absolute Gasteiger partial charge is 0.209 e. The fourth-order valence-corrected chi connectivity index (χ4v) is 2.99. The zero-order valence-electron chi connectivity index (χ0n) is 10.0. The van der Waals surface area contributed by atoms with Crippen molar-refractivity contribution in [2.75, 3.05) is 0 Å². The fraction of sp³-hybridized carbons (Fsp3) is 0.0625. The van der Waals surface area contributed by atoms with Crippen LogP contribution in [0.5, 0.6) is 0 Å². The molecule has 1 aliphatic carbocycles. The molecule has 4 rings (SSSR count). The highest BCUT2D eigenvalue weighted by Crippen LogP contribution is 2.33. The highest BCUT2D eigenvalue weighted by molar-refractivity contribution is 6.31. The molecule has 0 fully saturated rings. The Morgan fingerprint density at radius 3 is 2.84 bits per heavy atom. The summed E-state index contributed by atoms with van der Waals surface area (Å²) in [6, 6.07) is 13.5. The molecule has 0 bridgehead atoms. The van der Waals surface area contributed by atoms with Gasteiger partial charge in [0.15, 0.2) is 0 Å². The third-order valence-corrected chi connectivity index (χ3v) is 3.96. The minimum Gasteiger partial charge on any atom is -0.352 e. The Balaban J connectivity index is 2.04. The first-order valence-electron chi connectivity index (χ1n) is 6.17. The van der Waals surface area contributed by atoms with Crippen LogP contribution in [0.25, 0.3) is 10.9 Å². The lowest BCUT2D eigenvalue weighted by atomic mass is 9.88. The van der Waals surface area contributed by atoms with Gasteiger partial charge in [0.25, 0.3) is 0 Å². The zero-order chi connectivity index (χ0) is 13.0. The van der Waals surface area contributed by atoms with Gasteiger partial charge in [-0.25, -0.2) is 0 Å². The van der Waals surface area contributed by atoms with Crippen LogP contribution < -0.4 is 0 Å². The SMILES string of the molecule is O=C1c2ccccc2Cc2c1[nH]c1ccc(Cl)cc21. The van der Waals surface area contributed by atoms with Crippen LogP contribution >= 0.6 is 11.6 Å². The molecular formula is C16H10ClNO. The zero-order valence-corrected chi connectivity index (χ0v) is 10.8. The maximum Gasteiger partial charge on any atom is 0.209 e. The summed E-state index contributed by atoms with van der Waals surface area (Å²) >= 11 is 6.06. The molecule has 0 amide bonds. The second-order valence-electron chi connectivity index (χ2n) is 4.83. The van der Waals surface area contributed by atoms with E-state index < -0.39 is 0 Å². The number of hydrogen-bond acceptors (Lipinski definition) is 1. The average Bonchev–Trinajstić information content (AvgIpc) is 2.78. The summed E-state index contributed by atoms with van der Waals surface area (Å²) in [6.07, 6.45) is 0.775. The third-order valence-electron chi connectivity index (χ3n) is 3.72. The Labute approximate surface area is 115 Å². The highest BCUT2D eigenvalue weighted by Gasteiger charge is 2.26. The van der Waals surface area contributed by atoms with Crippen molar-refractivity contribution < 1.29 is 4.79 Å². The van der Waals surface area contributed by atoms with Gasteiger partial charge in [-0.15, -0.1) is 0 Å². The van der Waals surface area contributed by atoms with E-state index >= 15 is 0 Å². The number of rotatable bonds is 0. The molecular weight excluding hydrogens is 258 g/mol. The average molecular weight is 268 g/mol. The summed E-state index contributed by atoms with van der Waals surface area (Å²) in [5.74, 6) is 0.0733. The van der Waals surface area contributed by atoms with E-state index in [9.17, 15) is 4.79 Å². The monoisotopic (exact) mass is 267 g/mol. The second-order valence-corrected chi connectivity index (χ2v) is 5.27. The number of aromatic nitrogens is 1. The minimum absolute atomic E-state index is 0.0733. The van der Waals surface area contributed by atoms with Gasteiger partial charge >= 0.3 is 0 Å². The summed E-state index contributed by atoms with van der Waals surface area (Å²) in [4.78, 5) is 15.7. The first kappa shape index (κ1) is 10.8. The lowest BCUT2D eigenvalue weighted by molar-refractivity contribution is 0.103. The minimum atomic E-state index is 0.0733. The summed E-state index contributed by atoms with van der Waals surface area (Å²) < 4.78 is 0. The Hall–Kier alpha value is -2.06. The van der Waals surface area contributed by atoms with Crippen molar-refractivity contribution in [1.82, 2.24) is 4.98 Å². The number of fused-ring (bicyclic) bond motifs is 4. The Morgan fingerprint density at radius 1 is 1.11 bits per heavy atom. The fourth-order valence-electron chi connectivity index (χ4n) is 2.82. The number of benzene rings is 2. The molecule has 0 saturated heterocycles. The van der Waals surface area contributed by atoms with Gasteiger partial charge in [0.2, 0.25) is 5.78 Å². The van der Waals surface area contributed by atoms with Crippen molar-refractivity contribution in [2.45, 2.75) is 6.42 Å². The largest absolute Gasteiger partial charge is 0.352 e. The van der Waals surface area contributed by atoms with Gasteiger partial charge in [-0.1, -0.05) is 35.9 Å². The van der Waals surface area contributed by atoms with E-state index in [1.54, 1.807) is 0 Å². The van der Waals surface area contributed by atoms with Crippen molar-refractivity contribution in [3.8, 4) is 0 Å². The molecule has 3 heteroatoms. The molecule has 0 atom stereocenters. The molecule has 1 aromatic heterocycles. The summed E-state index contributed by atoms with van der Waals surface area (Å²) in [5, 5.41) is 1.74. The molecule has 1 aliphatic rings. The molecule has 0 radical (unpaired) electrons. The van der Waals surface area contributed by atoms with E-state index in [4.69, 9.17) is 11.6 Å². The van der Waals surface area contributed by atoms with Gasteiger partial charge in [-0.3, -0.25) is 4.79 Å². The molecule has 0 saturated carbocycles. The molecule has 0 aliphatic heterocycles. The van der Waals surface area contributed by atoms with Crippen LogP contribution in [0, 0.1) is 0 Å². The number of carbonyl (C=O) groups is 1. The maximum atomic E-state index is 12.5. The molecule has 2 nitrogen and oxygen atoms in total. The van der Waals surface area contributed by atoms with E-state index in [1.807, 2.05) is 42.5 Å². The molecule has 0 spiro atoms. The van der Waals surface area contributed by atoms with E-state index in [-0.39, 0.29) is 5.78 Å². The van der Waals surface area contributed by atoms with Gasteiger partial charge in [0, 0.05) is 27.9 Å². The predicted octanol–water partition coefficient (Wildman–Crippen LogP) is 3.96. The topological polar surface area (TPSA) is 32.9 Å². The number of carbonyl (C=O) groups excluding carboxylic acids is 1. The molecule has 0 unspecified atom stereocenters. The lowest BCUT2D eigenvalue weighted by Gasteiger charge is -2.14. The number of H-pyrrole nitrogens is 1. The van der Waals surface area contributed by atoms with Gasteiger partial charge in [0.1, 0.15) is 0 Å². The Bertz CT molecular complexity index is 832. The molecule has 92 valence electrons. The quantitative estimate of drug-likeness (QED) is 0.514. The van der Waals surface area contributed by atoms with Crippen LogP contribution in [0.15, 0.2) is 42.5 Å². The first-order chi connectivity index (χ1) is 9.24. The second kappa shape index (κ2) is 3.72. The van der Waals surface area contributed by atoms with E-state index in [0.29, 0.717) is 10.7 Å². The number of ketones is 1. The summed E-state index contributed by atoms with van der Waals surface area (Å²) in [6.45, 7) is 0. The van der Waals surface area contributed by atoms with Crippen molar-refractivity contribution in [2.24, 2.45) is 0 Å². The predicted molar refractivity (Wildman–Crippen MR) is 76.0 cm³/mol. The summed E-state index contributed by atoms with van der Waals surface area (Å²) in [7, 11) is 0. The van der Waals surface area contributed by atoms with E-state index in [0.717, 1.165) is 34.0 Å². The van der Waals surface area contributed by atoms with Gasteiger partial charge in [0.05, 0.1) is 5.69 Å². The van der Waals surface area contributed by atoms with E-state index in [2.05, 4.69) is 4.98 Å². The Kier molecular flexibility index (Phi) is 2.12. The Morgan fingerprint density at radius 2 is 1.95 bits per heavy atom. The van der Waals surface area contributed by atoms with Crippen molar-refractivity contribution >= 4 is 28.3 Å². The number of nitrogens with one attached hydrogen (secondary N) is 1. The third kappa shape index (κ3) is 1.47. The number of hydrogen-bond donors (Lipinski definition) is 1. The highest BCUT2D eigenvalue weighted by atomic mass is 35.5. The number of halogens is 1. The molecule has 2 aromatic carbocycles. The first-order valence-corrected chi connectivity index (χ1v) is 6.54. The molecule has 3 aromatic rings. The van der Waals surface area contributed by atoms with Crippen LogP contribution in [0.1, 0.15) is 27.2 Å². The van der Waals surface area contributed by atoms with Crippen LogP contribution in [0.3, 0.4) is 0 Å². The summed E-state index contributed by atoms with van der Waals surface area (Å²) in [5.41, 5.74) is 4.61. The van der Waals surface area contributed by atoms with E-state index in [1.165, 1.54) is 0 Å². The number of aromatic amines is 1. The van der Waals surface area contributed by atoms with Crippen LogP contribution in [-0.4, -0.2) is 10.8 Å². The van der Waals surface area contributed by atoms with Gasteiger partial charge < -0.3 is 4.98 Å². The van der Waals surface area contributed by atoms with Crippen LogP contribution in [0.4, 0.5) is 0 Å². The molecule has 1 N–H and O–H groups in total.